The SMILES string of the molecule is COc1cc2c(cc1F)[nH]c(=S)n2-c1cccc(SC)c1. The molecule has 0 bridgehead atoms. The van der Waals surface area contributed by atoms with E-state index in [0.717, 1.165) is 16.1 Å². The Kier molecular flexibility index (Phi) is 3.73. The van der Waals surface area contributed by atoms with Gasteiger partial charge in [0, 0.05) is 22.7 Å². The van der Waals surface area contributed by atoms with Crippen LogP contribution in [0.15, 0.2) is 41.3 Å². The fourth-order valence-electron chi connectivity index (χ4n) is 2.27. The van der Waals surface area contributed by atoms with E-state index >= 15 is 0 Å². The third kappa shape index (κ3) is 2.45. The predicted octanol–water partition coefficient (Wildman–Crippen LogP) is 4.56. The molecule has 108 valence electrons. The molecule has 21 heavy (non-hydrogen) atoms. The number of aromatic nitrogens is 2. The van der Waals surface area contributed by atoms with Crippen molar-refractivity contribution in [3.05, 3.63) is 47.0 Å². The number of hydrogen-bond acceptors (Lipinski definition) is 3. The average molecular weight is 320 g/mol. The van der Waals surface area contributed by atoms with Crippen molar-refractivity contribution in [3.8, 4) is 11.4 Å². The lowest BCUT2D eigenvalue weighted by atomic mass is 10.2. The van der Waals surface area contributed by atoms with Crippen molar-refractivity contribution in [2.75, 3.05) is 13.4 Å². The molecule has 0 spiro atoms. The number of imidazole rings is 1. The smallest absolute Gasteiger partial charge is 0.182 e. The first-order valence-corrected chi connectivity index (χ1v) is 7.90. The quantitative estimate of drug-likeness (QED) is 0.567. The zero-order valence-electron chi connectivity index (χ0n) is 11.5. The molecule has 0 unspecified atom stereocenters. The molecule has 3 rings (SSSR count). The summed E-state index contributed by atoms with van der Waals surface area (Å²) >= 11 is 7.03. The van der Waals surface area contributed by atoms with Crippen molar-refractivity contribution in [1.82, 2.24) is 9.55 Å². The maximum absolute atomic E-state index is 13.8. The van der Waals surface area contributed by atoms with Crippen LogP contribution in [0, 0.1) is 10.6 Å². The second kappa shape index (κ2) is 5.54. The first-order chi connectivity index (χ1) is 10.1. The Bertz CT molecular complexity index is 870. The molecule has 0 aliphatic rings. The van der Waals surface area contributed by atoms with Gasteiger partial charge in [-0.25, -0.2) is 4.39 Å². The Balaban J connectivity index is 2.31. The molecule has 0 fully saturated rings. The van der Waals surface area contributed by atoms with E-state index in [4.69, 9.17) is 17.0 Å². The third-order valence-electron chi connectivity index (χ3n) is 3.27. The number of H-pyrrole nitrogens is 1. The number of ether oxygens (including phenoxy) is 1. The lowest BCUT2D eigenvalue weighted by molar-refractivity contribution is 0.387. The van der Waals surface area contributed by atoms with Crippen LogP contribution >= 0.6 is 24.0 Å². The van der Waals surface area contributed by atoms with Crippen LogP contribution in [0.25, 0.3) is 16.7 Å². The van der Waals surface area contributed by atoms with Crippen LogP contribution < -0.4 is 4.74 Å². The molecule has 0 aliphatic carbocycles. The number of nitrogens with zero attached hydrogens (tertiary/aromatic N) is 1. The van der Waals surface area contributed by atoms with Crippen molar-refractivity contribution in [2.24, 2.45) is 0 Å². The van der Waals surface area contributed by atoms with Crippen molar-refractivity contribution >= 4 is 35.0 Å². The van der Waals surface area contributed by atoms with Gasteiger partial charge in [0.1, 0.15) is 0 Å². The van der Waals surface area contributed by atoms with Crippen molar-refractivity contribution in [3.63, 3.8) is 0 Å². The van der Waals surface area contributed by atoms with E-state index in [1.165, 1.54) is 13.2 Å². The van der Waals surface area contributed by atoms with E-state index in [-0.39, 0.29) is 5.75 Å². The maximum atomic E-state index is 13.8. The fourth-order valence-corrected chi connectivity index (χ4v) is 3.04. The molecule has 1 aromatic heterocycles. The van der Waals surface area contributed by atoms with Crippen molar-refractivity contribution in [1.29, 1.82) is 0 Å². The summed E-state index contributed by atoms with van der Waals surface area (Å²) < 4.78 is 21.3. The number of halogens is 1. The van der Waals surface area contributed by atoms with Crippen LogP contribution in [-0.4, -0.2) is 22.9 Å². The molecule has 0 aliphatic heterocycles. The Labute approximate surface area is 130 Å². The number of rotatable bonds is 3. The van der Waals surface area contributed by atoms with E-state index in [1.54, 1.807) is 17.8 Å². The molecule has 0 saturated carbocycles. The van der Waals surface area contributed by atoms with Crippen LogP contribution in [0.1, 0.15) is 0 Å². The fraction of sp³-hybridized carbons (Fsp3) is 0.133. The Hall–Kier alpha value is -1.79. The standard InChI is InChI=1S/C15H13FN2OS2/c1-19-14-8-13-12(7-11(14)16)17-15(20)18(13)9-4-3-5-10(6-9)21-2/h3-8H,1-2H3,(H,17,20). The van der Waals surface area contributed by atoms with E-state index < -0.39 is 5.82 Å². The van der Waals surface area contributed by atoms with Gasteiger partial charge in [-0.15, -0.1) is 11.8 Å². The predicted molar refractivity (Wildman–Crippen MR) is 86.8 cm³/mol. The maximum Gasteiger partial charge on any atom is 0.182 e. The highest BCUT2D eigenvalue weighted by Gasteiger charge is 2.12. The van der Waals surface area contributed by atoms with Crippen molar-refractivity contribution < 1.29 is 9.13 Å². The number of aromatic amines is 1. The number of methoxy groups -OCH3 is 1. The molecule has 2 aromatic carbocycles. The normalized spacial score (nSPS) is 11.0. The monoisotopic (exact) mass is 320 g/mol. The molecule has 3 aromatic rings. The Morgan fingerprint density at radius 1 is 1.29 bits per heavy atom. The molecule has 0 atom stereocenters. The topological polar surface area (TPSA) is 29.9 Å². The summed E-state index contributed by atoms with van der Waals surface area (Å²) in [5.74, 6) is -0.211. The summed E-state index contributed by atoms with van der Waals surface area (Å²) in [6, 6.07) is 11.1. The summed E-state index contributed by atoms with van der Waals surface area (Å²) in [4.78, 5) is 4.17. The van der Waals surface area contributed by atoms with E-state index in [0.29, 0.717) is 10.3 Å². The van der Waals surface area contributed by atoms with Gasteiger partial charge in [-0.05, 0) is 36.7 Å². The minimum Gasteiger partial charge on any atom is -0.494 e. The van der Waals surface area contributed by atoms with Gasteiger partial charge < -0.3 is 9.72 Å². The molecule has 0 saturated heterocycles. The Morgan fingerprint density at radius 2 is 2.10 bits per heavy atom. The highest BCUT2D eigenvalue weighted by molar-refractivity contribution is 7.98. The third-order valence-corrected chi connectivity index (χ3v) is 4.28. The Morgan fingerprint density at radius 3 is 2.81 bits per heavy atom. The lowest BCUT2D eigenvalue weighted by Crippen LogP contribution is -1.95. The van der Waals surface area contributed by atoms with Crippen LogP contribution in [-0.2, 0) is 0 Å². The molecule has 0 amide bonds. The summed E-state index contributed by atoms with van der Waals surface area (Å²) in [5, 5.41) is 0. The molecule has 3 nitrogen and oxygen atoms in total. The number of hydrogen-bond donors (Lipinski definition) is 1. The van der Waals surface area contributed by atoms with Crippen LogP contribution in [0.2, 0.25) is 0 Å². The number of nitrogens with one attached hydrogen (secondary N) is 1. The molecule has 1 heterocycles. The van der Waals surface area contributed by atoms with Gasteiger partial charge in [0.25, 0.3) is 0 Å². The van der Waals surface area contributed by atoms with Gasteiger partial charge in [0.2, 0.25) is 0 Å². The van der Waals surface area contributed by atoms with Gasteiger partial charge in [-0.1, -0.05) is 6.07 Å². The zero-order valence-corrected chi connectivity index (χ0v) is 13.1. The highest BCUT2D eigenvalue weighted by atomic mass is 32.2. The zero-order chi connectivity index (χ0) is 15.0. The van der Waals surface area contributed by atoms with Gasteiger partial charge in [-0.2, -0.15) is 0 Å². The minimum atomic E-state index is -0.411. The van der Waals surface area contributed by atoms with Crippen LogP contribution in [0.3, 0.4) is 0 Å². The van der Waals surface area contributed by atoms with Gasteiger partial charge in [0.15, 0.2) is 16.3 Å². The summed E-state index contributed by atoms with van der Waals surface area (Å²) in [6.07, 6.45) is 2.02. The summed E-state index contributed by atoms with van der Waals surface area (Å²) in [7, 11) is 1.45. The lowest BCUT2D eigenvalue weighted by Gasteiger charge is -2.07. The van der Waals surface area contributed by atoms with E-state index in [9.17, 15) is 4.39 Å². The molecule has 0 radical (unpaired) electrons. The number of fused-ring (bicyclic) bond motifs is 1. The summed E-state index contributed by atoms with van der Waals surface area (Å²) in [5.41, 5.74) is 2.37. The van der Waals surface area contributed by atoms with Crippen LogP contribution in [0.4, 0.5) is 4.39 Å². The molecule has 1 N–H and O–H groups in total. The largest absolute Gasteiger partial charge is 0.494 e. The second-order valence-electron chi connectivity index (χ2n) is 4.47. The molecular formula is C15H13FN2OS2. The van der Waals surface area contributed by atoms with Gasteiger partial charge >= 0.3 is 0 Å². The van der Waals surface area contributed by atoms with Crippen LogP contribution in [0.5, 0.6) is 5.75 Å². The summed E-state index contributed by atoms with van der Waals surface area (Å²) in [6.45, 7) is 0. The average Bonchev–Trinajstić information content (AvgIpc) is 2.81. The van der Waals surface area contributed by atoms with Crippen molar-refractivity contribution in [2.45, 2.75) is 4.90 Å². The van der Waals surface area contributed by atoms with Gasteiger partial charge in [-0.3, -0.25) is 4.57 Å². The van der Waals surface area contributed by atoms with E-state index in [2.05, 4.69) is 4.98 Å². The first-order valence-electron chi connectivity index (χ1n) is 6.26. The second-order valence-corrected chi connectivity index (χ2v) is 5.74. The minimum absolute atomic E-state index is 0.200. The number of benzene rings is 2. The van der Waals surface area contributed by atoms with Gasteiger partial charge in [0.05, 0.1) is 18.1 Å². The highest BCUT2D eigenvalue weighted by Crippen LogP contribution is 2.28. The molecule has 6 heteroatoms. The first kappa shape index (κ1) is 14.2. The van der Waals surface area contributed by atoms with E-state index in [1.807, 2.05) is 35.1 Å². The molecular weight excluding hydrogens is 307 g/mol. The number of thioether (sulfide) groups is 1.